The van der Waals surface area contributed by atoms with Crippen molar-refractivity contribution in [3.05, 3.63) is 48.2 Å². The fourth-order valence-electron chi connectivity index (χ4n) is 3.67. The number of ether oxygens (including phenoxy) is 2. The van der Waals surface area contributed by atoms with E-state index in [4.69, 9.17) is 4.74 Å². The molecule has 1 unspecified atom stereocenters. The van der Waals surface area contributed by atoms with Gasteiger partial charge in [-0.3, -0.25) is 4.79 Å². The van der Waals surface area contributed by atoms with E-state index in [-0.39, 0.29) is 12.2 Å². The number of rotatable bonds is 5. The van der Waals surface area contributed by atoms with Gasteiger partial charge >= 0.3 is 12.4 Å². The predicted octanol–water partition coefficient (Wildman–Crippen LogP) is 3.17. The van der Waals surface area contributed by atoms with Crippen LogP contribution in [0.4, 0.5) is 29.5 Å². The average Bonchev–Trinajstić information content (AvgIpc) is 2.97. The number of aromatic nitrogens is 1. The summed E-state index contributed by atoms with van der Waals surface area (Å²) < 4.78 is 46.3. The van der Waals surface area contributed by atoms with E-state index in [1.807, 2.05) is 6.07 Å². The minimum Gasteiger partial charge on any atom is -0.406 e. The summed E-state index contributed by atoms with van der Waals surface area (Å²) in [6.45, 7) is 4.47. The Morgan fingerprint density at radius 3 is 2.47 bits per heavy atom. The van der Waals surface area contributed by atoms with E-state index in [0.717, 1.165) is 41.5 Å². The lowest BCUT2D eigenvalue weighted by Gasteiger charge is -2.28. The fraction of sp³-hybridized carbons (Fsp3) is 0.381. The molecule has 2 aliphatic heterocycles. The second-order valence-corrected chi connectivity index (χ2v) is 7.42. The van der Waals surface area contributed by atoms with Crippen LogP contribution in [0.2, 0.25) is 0 Å². The molecule has 170 valence electrons. The fourth-order valence-corrected chi connectivity index (χ4v) is 3.67. The molecular formula is C21H21F3N4O4. The molecule has 2 saturated heterocycles. The first-order valence-corrected chi connectivity index (χ1v) is 10.0. The standard InChI is InChI=1S/C21H21F3N4O4/c1-14-19(29)28(16-2-4-17(5-3-16)32-21(22,23)24)20(30)27(14)13-15-6-7-25-18(12-15)26-8-10-31-11-9-26/h2-7,12,14H,8-11,13H2,1H3. The number of morpholine rings is 1. The number of imide groups is 1. The van der Waals surface area contributed by atoms with Crippen molar-refractivity contribution in [1.82, 2.24) is 9.88 Å². The molecule has 2 fully saturated rings. The summed E-state index contributed by atoms with van der Waals surface area (Å²) in [6, 6.07) is 7.00. The number of alkyl halides is 3. The third-order valence-electron chi connectivity index (χ3n) is 5.31. The van der Waals surface area contributed by atoms with Gasteiger partial charge in [0.25, 0.3) is 5.91 Å². The van der Waals surface area contributed by atoms with Gasteiger partial charge in [0.2, 0.25) is 0 Å². The SMILES string of the molecule is CC1C(=O)N(c2ccc(OC(F)(F)F)cc2)C(=O)N1Cc1ccnc(N2CCOCC2)c1. The van der Waals surface area contributed by atoms with Crippen LogP contribution in [0.25, 0.3) is 0 Å². The van der Waals surface area contributed by atoms with Crippen LogP contribution in [-0.2, 0) is 16.1 Å². The number of pyridine rings is 1. The highest BCUT2D eigenvalue weighted by Gasteiger charge is 2.43. The molecule has 2 aromatic rings. The Hall–Kier alpha value is -3.34. The van der Waals surface area contributed by atoms with Crippen LogP contribution in [0.1, 0.15) is 12.5 Å². The Balaban J connectivity index is 1.49. The smallest absolute Gasteiger partial charge is 0.406 e. The Kier molecular flexibility index (Phi) is 5.92. The number of nitrogens with zero attached hydrogens (tertiary/aromatic N) is 4. The van der Waals surface area contributed by atoms with Crippen molar-refractivity contribution >= 4 is 23.4 Å². The molecule has 0 N–H and O–H groups in total. The Bertz CT molecular complexity index is 993. The summed E-state index contributed by atoms with van der Waals surface area (Å²) in [6.07, 6.45) is -3.17. The van der Waals surface area contributed by atoms with Gasteiger partial charge in [-0.1, -0.05) is 0 Å². The quantitative estimate of drug-likeness (QED) is 0.652. The molecule has 3 amide bonds. The summed E-state index contributed by atoms with van der Waals surface area (Å²) >= 11 is 0. The van der Waals surface area contributed by atoms with Crippen molar-refractivity contribution < 1.29 is 32.2 Å². The summed E-state index contributed by atoms with van der Waals surface area (Å²) in [7, 11) is 0. The van der Waals surface area contributed by atoms with Gasteiger partial charge in [0, 0.05) is 25.8 Å². The van der Waals surface area contributed by atoms with E-state index in [9.17, 15) is 22.8 Å². The Morgan fingerprint density at radius 2 is 1.81 bits per heavy atom. The Morgan fingerprint density at radius 1 is 1.12 bits per heavy atom. The molecule has 0 bridgehead atoms. The maximum absolute atomic E-state index is 13.0. The van der Waals surface area contributed by atoms with Crippen LogP contribution in [0, 0.1) is 0 Å². The molecular weight excluding hydrogens is 429 g/mol. The number of anilines is 2. The summed E-state index contributed by atoms with van der Waals surface area (Å²) in [5.74, 6) is -0.117. The zero-order valence-electron chi connectivity index (χ0n) is 17.2. The number of carbonyl (C=O) groups excluding carboxylic acids is 2. The van der Waals surface area contributed by atoms with E-state index in [2.05, 4.69) is 14.6 Å². The minimum atomic E-state index is -4.82. The van der Waals surface area contributed by atoms with E-state index in [0.29, 0.717) is 13.2 Å². The first-order chi connectivity index (χ1) is 15.2. The molecule has 0 radical (unpaired) electrons. The van der Waals surface area contributed by atoms with Gasteiger partial charge in [0.15, 0.2) is 0 Å². The summed E-state index contributed by atoms with van der Waals surface area (Å²) in [5.41, 5.74) is 0.984. The van der Waals surface area contributed by atoms with Crippen molar-refractivity contribution in [3.8, 4) is 5.75 Å². The highest BCUT2D eigenvalue weighted by Crippen LogP contribution is 2.30. The molecule has 1 aromatic carbocycles. The van der Waals surface area contributed by atoms with Crippen molar-refractivity contribution in [2.24, 2.45) is 0 Å². The van der Waals surface area contributed by atoms with Crippen LogP contribution >= 0.6 is 0 Å². The summed E-state index contributed by atoms with van der Waals surface area (Å²) in [4.78, 5) is 34.6. The van der Waals surface area contributed by atoms with Gasteiger partial charge in [-0.25, -0.2) is 14.7 Å². The van der Waals surface area contributed by atoms with Crippen LogP contribution in [0.3, 0.4) is 0 Å². The molecule has 3 heterocycles. The highest BCUT2D eigenvalue weighted by molar-refractivity contribution is 6.21. The number of benzene rings is 1. The van der Waals surface area contributed by atoms with Gasteiger partial charge in [-0.2, -0.15) is 0 Å². The second kappa shape index (κ2) is 8.65. The number of hydrogen-bond acceptors (Lipinski definition) is 6. The molecule has 32 heavy (non-hydrogen) atoms. The van der Waals surface area contributed by atoms with Gasteiger partial charge in [-0.05, 0) is 48.9 Å². The monoisotopic (exact) mass is 450 g/mol. The zero-order chi connectivity index (χ0) is 22.9. The Labute approximate surface area is 182 Å². The molecule has 2 aliphatic rings. The third-order valence-corrected chi connectivity index (χ3v) is 5.31. The lowest BCUT2D eigenvalue weighted by molar-refractivity contribution is -0.274. The van der Waals surface area contributed by atoms with E-state index < -0.39 is 30.1 Å². The molecule has 4 rings (SSSR count). The van der Waals surface area contributed by atoms with Crippen LogP contribution in [0.5, 0.6) is 5.75 Å². The van der Waals surface area contributed by atoms with E-state index >= 15 is 0 Å². The van der Waals surface area contributed by atoms with E-state index in [1.54, 1.807) is 19.2 Å². The number of amides is 3. The second-order valence-electron chi connectivity index (χ2n) is 7.42. The van der Waals surface area contributed by atoms with Gasteiger partial charge in [0.1, 0.15) is 17.6 Å². The van der Waals surface area contributed by atoms with Crippen molar-refractivity contribution in [1.29, 1.82) is 0 Å². The van der Waals surface area contributed by atoms with Crippen molar-refractivity contribution in [2.45, 2.75) is 25.9 Å². The number of hydrogen-bond donors (Lipinski definition) is 0. The maximum atomic E-state index is 13.0. The zero-order valence-corrected chi connectivity index (χ0v) is 17.2. The number of halogens is 3. The molecule has 11 heteroatoms. The lowest BCUT2D eigenvalue weighted by atomic mass is 10.2. The van der Waals surface area contributed by atoms with Crippen LogP contribution in [0.15, 0.2) is 42.6 Å². The maximum Gasteiger partial charge on any atom is 0.573 e. The van der Waals surface area contributed by atoms with Gasteiger partial charge < -0.3 is 19.3 Å². The first-order valence-electron chi connectivity index (χ1n) is 10.0. The predicted molar refractivity (Wildman–Crippen MR) is 108 cm³/mol. The minimum absolute atomic E-state index is 0.174. The molecule has 1 aromatic heterocycles. The highest BCUT2D eigenvalue weighted by atomic mass is 19.4. The topological polar surface area (TPSA) is 75.2 Å². The normalized spacial score (nSPS) is 19.6. The molecule has 0 aliphatic carbocycles. The average molecular weight is 450 g/mol. The van der Waals surface area contributed by atoms with Crippen LogP contribution < -0.4 is 14.5 Å². The molecule has 0 spiro atoms. The third kappa shape index (κ3) is 4.62. The van der Waals surface area contributed by atoms with E-state index in [1.165, 1.54) is 17.0 Å². The van der Waals surface area contributed by atoms with Crippen molar-refractivity contribution in [3.63, 3.8) is 0 Å². The van der Waals surface area contributed by atoms with Gasteiger partial charge in [0.05, 0.1) is 18.9 Å². The number of urea groups is 1. The van der Waals surface area contributed by atoms with Crippen molar-refractivity contribution in [2.75, 3.05) is 36.1 Å². The number of carbonyl (C=O) groups is 2. The first kappa shape index (κ1) is 21.9. The largest absolute Gasteiger partial charge is 0.573 e. The lowest BCUT2D eigenvalue weighted by Crippen LogP contribution is -2.37. The molecule has 1 atom stereocenters. The summed E-state index contributed by atoms with van der Waals surface area (Å²) in [5, 5.41) is 0. The van der Waals surface area contributed by atoms with Gasteiger partial charge in [-0.15, -0.1) is 13.2 Å². The van der Waals surface area contributed by atoms with Crippen LogP contribution in [-0.4, -0.2) is 60.5 Å². The molecule has 8 nitrogen and oxygen atoms in total. The molecule has 0 saturated carbocycles.